The molecular formula is C11H16N2OS2. The lowest BCUT2D eigenvalue weighted by molar-refractivity contribution is 0.666. The summed E-state index contributed by atoms with van der Waals surface area (Å²) in [5, 5.41) is 1.37. The molecule has 1 aliphatic rings. The van der Waals surface area contributed by atoms with Gasteiger partial charge in [0.1, 0.15) is 0 Å². The van der Waals surface area contributed by atoms with Crippen molar-refractivity contribution in [1.82, 2.24) is 9.55 Å². The van der Waals surface area contributed by atoms with E-state index in [9.17, 15) is 4.79 Å². The molecule has 2 heterocycles. The van der Waals surface area contributed by atoms with Gasteiger partial charge in [0.15, 0.2) is 5.16 Å². The third-order valence-corrected chi connectivity index (χ3v) is 5.16. The summed E-state index contributed by atoms with van der Waals surface area (Å²) in [5.41, 5.74) is 1.12. The van der Waals surface area contributed by atoms with Crippen molar-refractivity contribution >= 4 is 23.5 Å². The van der Waals surface area contributed by atoms with Crippen LogP contribution in [0.25, 0.3) is 0 Å². The van der Waals surface area contributed by atoms with Crippen molar-refractivity contribution in [2.45, 2.75) is 42.0 Å². The minimum atomic E-state index is 0.123. The monoisotopic (exact) mass is 256 g/mol. The Labute approximate surface area is 104 Å². The average Bonchev–Trinajstić information content (AvgIpc) is 2.73. The van der Waals surface area contributed by atoms with Crippen LogP contribution in [-0.4, -0.2) is 20.6 Å². The number of hydrogen-bond donors (Lipinski definition) is 0. The SMILES string of the molecule is CCC(C)Sc1nc2c(c(=O)n1C)SCC2. The van der Waals surface area contributed by atoms with Gasteiger partial charge in [0, 0.05) is 24.5 Å². The van der Waals surface area contributed by atoms with E-state index in [1.807, 2.05) is 7.05 Å². The zero-order valence-electron chi connectivity index (χ0n) is 9.82. The van der Waals surface area contributed by atoms with Crippen LogP contribution in [0.15, 0.2) is 14.8 Å². The number of rotatable bonds is 3. The van der Waals surface area contributed by atoms with Crippen LogP contribution in [0.1, 0.15) is 26.0 Å². The fraction of sp³-hybridized carbons (Fsp3) is 0.636. The third kappa shape index (κ3) is 2.15. The Morgan fingerprint density at radius 1 is 1.62 bits per heavy atom. The van der Waals surface area contributed by atoms with Gasteiger partial charge >= 0.3 is 0 Å². The van der Waals surface area contributed by atoms with Crippen molar-refractivity contribution in [3.8, 4) is 0 Å². The van der Waals surface area contributed by atoms with E-state index in [1.165, 1.54) is 0 Å². The molecule has 0 saturated carbocycles. The van der Waals surface area contributed by atoms with Gasteiger partial charge in [0.05, 0.1) is 10.6 Å². The van der Waals surface area contributed by atoms with Gasteiger partial charge < -0.3 is 0 Å². The molecule has 0 saturated heterocycles. The van der Waals surface area contributed by atoms with E-state index < -0.39 is 0 Å². The van der Waals surface area contributed by atoms with Crippen LogP contribution in [0.3, 0.4) is 0 Å². The van der Waals surface area contributed by atoms with Gasteiger partial charge in [-0.3, -0.25) is 9.36 Å². The van der Waals surface area contributed by atoms with E-state index in [1.54, 1.807) is 28.1 Å². The number of fused-ring (bicyclic) bond motifs is 1. The maximum Gasteiger partial charge on any atom is 0.267 e. The van der Waals surface area contributed by atoms with E-state index in [0.29, 0.717) is 5.25 Å². The van der Waals surface area contributed by atoms with Crippen LogP contribution >= 0.6 is 23.5 Å². The molecule has 0 N–H and O–H groups in total. The maximum absolute atomic E-state index is 12.0. The van der Waals surface area contributed by atoms with E-state index in [2.05, 4.69) is 18.8 Å². The molecule has 1 atom stereocenters. The Morgan fingerprint density at radius 2 is 2.38 bits per heavy atom. The van der Waals surface area contributed by atoms with Crippen molar-refractivity contribution in [2.24, 2.45) is 7.05 Å². The summed E-state index contributed by atoms with van der Waals surface area (Å²) in [6.07, 6.45) is 2.02. The first-order chi connectivity index (χ1) is 7.63. The molecule has 1 aliphatic heterocycles. The molecular weight excluding hydrogens is 240 g/mol. The summed E-state index contributed by atoms with van der Waals surface area (Å²) >= 11 is 3.33. The number of aromatic nitrogens is 2. The second-order valence-electron chi connectivity index (χ2n) is 3.97. The van der Waals surface area contributed by atoms with E-state index in [-0.39, 0.29) is 5.56 Å². The van der Waals surface area contributed by atoms with Gasteiger partial charge in [-0.05, 0) is 6.42 Å². The smallest absolute Gasteiger partial charge is 0.267 e. The second kappa shape index (κ2) is 4.84. The minimum absolute atomic E-state index is 0.123. The Bertz CT molecular complexity index is 456. The van der Waals surface area contributed by atoms with Gasteiger partial charge in [-0.25, -0.2) is 4.98 Å². The summed E-state index contributed by atoms with van der Waals surface area (Å²) in [6.45, 7) is 4.32. The molecule has 0 aliphatic carbocycles. The fourth-order valence-corrected chi connectivity index (χ4v) is 3.54. The lowest BCUT2D eigenvalue weighted by atomic mass is 10.3. The average molecular weight is 256 g/mol. The Hall–Kier alpha value is -0.420. The van der Waals surface area contributed by atoms with Gasteiger partial charge in [0.25, 0.3) is 5.56 Å². The molecule has 16 heavy (non-hydrogen) atoms. The molecule has 0 fully saturated rings. The van der Waals surface area contributed by atoms with Crippen LogP contribution in [0, 0.1) is 0 Å². The molecule has 5 heteroatoms. The Morgan fingerprint density at radius 3 is 3.06 bits per heavy atom. The van der Waals surface area contributed by atoms with E-state index in [0.717, 1.165) is 34.3 Å². The lowest BCUT2D eigenvalue weighted by Gasteiger charge is -2.12. The van der Waals surface area contributed by atoms with E-state index >= 15 is 0 Å². The molecule has 1 unspecified atom stereocenters. The molecule has 3 nitrogen and oxygen atoms in total. The predicted molar refractivity (Wildman–Crippen MR) is 69.5 cm³/mol. The van der Waals surface area contributed by atoms with Crippen LogP contribution in [0.5, 0.6) is 0 Å². The van der Waals surface area contributed by atoms with Crippen LogP contribution in [-0.2, 0) is 13.5 Å². The molecule has 0 radical (unpaired) electrons. The van der Waals surface area contributed by atoms with Crippen molar-refractivity contribution in [3.63, 3.8) is 0 Å². The van der Waals surface area contributed by atoms with E-state index in [4.69, 9.17) is 0 Å². The van der Waals surface area contributed by atoms with Gasteiger partial charge in [0.2, 0.25) is 0 Å². The summed E-state index contributed by atoms with van der Waals surface area (Å²) in [4.78, 5) is 17.5. The van der Waals surface area contributed by atoms with Crippen LogP contribution in [0.4, 0.5) is 0 Å². The van der Waals surface area contributed by atoms with Gasteiger partial charge in [-0.2, -0.15) is 0 Å². The Balaban J connectivity index is 2.40. The fourth-order valence-electron chi connectivity index (χ4n) is 1.54. The topological polar surface area (TPSA) is 34.9 Å². The maximum atomic E-state index is 12.0. The zero-order chi connectivity index (χ0) is 11.7. The molecule has 2 rings (SSSR count). The third-order valence-electron chi connectivity index (χ3n) is 2.75. The van der Waals surface area contributed by atoms with Crippen LogP contribution in [0.2, 0.25) is 0 Å². The highest BCUT2D eigenvalue weighted by atomic mass is 32.2. The quantitative estimate of drug-likeness (QED) is 0.614. The van der Waals surface area contributed by atoms with Crippen molar-refractivity contribution in [3.05, 3.63) is 16.0 Å². The van der Waals surface area contributed by atoms with Crippen LogP contribution < -0.4 is 5.56 Å². The van der Waals surface area contributed by atoms with Crippen molar-refractivity contribution in [2.75, 3.05) is 5.75 Å². The summed E-state index contributed by atoms with van der Waals surface area (Å²) in [6, 6.07) is 0. The second-order valence-corrected chi connectivity index (χ2v) is 6.48. The number of hydrogen-bond acceptors (Lipinski definition) is 4. The first-order valence-corrected chi connectivity index (χ1v) is 7.39. The number of thioether (sulfide) groups is 2. The molecule has 0 bridgehead atoms. The highest BCUT2D eigenvalue weighted by molar-refractivity contribution is 8.00. The summed E-state index contributed by atoms with van der Waals surface area (Å²) < 4.78 is 1.69. The van der Waals surface area contributed by atoms with Gasteiger partial charge in [-0.1, -0.05) is 25.6 Å². The number of nitrogens with zero attached hydrogens (tertiary/aromatic N) is 2. The Kier molecular flexibility index (Phi) is 3.64. The molecule has 0 aromatic carbocycles. The van der Waals surface area contributed by atoms with Gasteiger partial charge in [-0.15, -0.1) is 11.8 Å². The summed E-state index contributed by atoms with van der Waals surface area (Å²) in [7, 11) is 1.82. The standard InChI is InChI=1S/C11H16N2OS2/c1-4-7(2)16-11-12-8-5-6-15-9(8)10(14)13(11)3/h7H,4-6H2,1-3H3. The first kappa shape index (κ1) is 12.0. The first-order valence-electron chi connectivity index (χ1n) is 5.52. The highest BCUT2D eigenvalue weighted by Gasteiger charge is 2.20. The molecule has 1 aromatic heterocycles. The van der Waals surface area contributed by atoms with Crippen molar-refractivity contribution in [1.29, 1.82) is 0 Å². The molecule has 1 aromatic rings. The lowest BCUT2D eigenvalue weighted by Crippen LogP contribution is -2.22. The predicted octanol–water partition coefficient (Wildman–Crippen LogP) is 2.32. The molecule has 0 amide bonds. The molecule has 0 spiro atoms. The summed E-state index contributed by atoms with van der Waals surface area (Å²) in [5.74, 6) is 0.995. The molecule has 88 valence electrons. The van der Waals surface area contributed by atoms with Crippen molar-refractivity contribution < 1.29 is 0 Å². The highest BCUT2D eigenvalue weighted by Crippen LogP contribution is 2.29. The number of aryl methyl sites for hydroxylation is 1. The minimum Gasteiger partial charge on any atom is -0.290 e. The largest absolute Gasteiger partial charge is 0.290 e. The zero-order valence-corrected chi connectivity index (χ0v) is 11.5. The normalized spacial score (nSPS) is 16.2.